The average molecular weight is 286 g/mol. The van der Waals surface area contributed by atoms with Gasteiger partial charge >= 0.3 is 5.97 Å². The van der Waals surface area contributed by atoms with Crippen LogP contribution in [-0.4, -0.2) is 28.7 Å². The van der Waals surface area contributed by atoms with E-state index in [4.69, 9.17) is 9.84 Å². The van der Waals surface area contributed by atoms with Crippen molar-refractivity contribution in [2.45, 2.75) is 31.2 Å². The fourth-order valence-electron chi connectivity index (χ4n) is 2.86. The van der Waals surface area contributed by atoms with Gasteiger partial charge in [0.25, 0.3) is 0 Å². The van der Waals surface area contributed by atoms with Gasteiger partial charge in [0.2, 0.25) is 0 Å². The van der Waals surface area contributed by atoms with E-state index in [-0.39, 0.29) is 12.0 Å². The predicted molar refractivity (Wildman–Crippen MR) is 80.8 cm³/mol. The van der Waals surface area contributed by atoms with Crippen molar-refractivity contribution in [2.75, 3.05) is 12.4 Å². The number of ether oxygens (including phenoxy) is 1. The topological polar surface area (TPSA) is 71.5 Å². The number of rotatable bonds is 5. The molecule has 0 saturated heterocycles. The predicted octanol–water partition coefficient (Wildman–Crippen LogP) is 3.05. The van der Waals surface area contributed by atoms with Crippen LogP contribution >= 0.6 is 0 Å². The van der Waals surface area contributed by atoms with Crippen LogP contribution in [0.3, 0.4) is 0 Å². The molecule has 0 amide bonds. The van der Waals surface area contributed by atoms with Crippen LogP contribution in [0.4, 0.5) is 5.82 Å². The Kier molecular flexibility index (Phi) is 3.41. The van der Waals surface area contributed by atoms with E-state index >= 15 is 0 Å². The number of hydrogen-bond donors (Lipinski definition) is 2. The first-order valence-corrected chi connectivity index (χ1v) is 7.05. The van der Waals surface area contributed by atoms with Crippen molar-refractivity contribution in [3.8, 4) is 5.75 Å². The van der Waals surface area contributed by atoms with E-state index in [0.29, 0.717) is 0 Å². The van der Waals surface area contributed by atoms with Gasteiger partial charge in [-0.05, 0) is 42.8 Å². The molecule has 5 nitrogen and oxygen atoms in total. The molecule has 0 radical (unpaired) electrons. The second-order valence-electron chi connectivity index (χ2n) is 5.58. The Hall–Kier alpha value is -2.30. The molecule has 1 heterocycles. The van der Waals surface area contributed by atoms with Crippen molar-refractivity contribution in [1.29, 1.82) is 0 Å². The van der Waals surface area contributed by atoms with E-state index in [0.717, 1.165) is 41.6 Å². The summed E-state index contributed by atoms with van der Waals surface area (Å²) in [4.78, 5) is 15.5. The van der Waals surface area contributed by atoms with Gasteiger partial charge in [-0.1, -0.05) is 6.07 Å². The molecule has 3 rings (SSSR count). The first kappa shape index (κ1) is 13.7. The molecule has 21 heavy (non-hydrogen) atoms. The zero-order valence-corrected chi connectivity index (χ0v) is 11.9. The van der Waals surface area contributed by atoms with E-state index in [1.807, 2.05) is 24.3 Å². The summed E-state index contributed by atoms with van der Waals surface area (Å²) in [6.07, 6.45) is 4.64. The monoisotopic (exact) mass is 286 g/mol. The van der Waals surface area contributed by atoms with Crippen molar-refractivity contribution in [3.05, 3.63) is 30.5 Å². The maximum absolute atomic E-state index is 11.1. The van der Waals surface area contributed by atoms with Gasteiger partial charge in [0.05, 0.1) is 13.5 Å². The fraction of sp³-hybridized carbons (Fsp3) is 0.375. The highest BCUT2D eigenvalue weighted by Gasteiger charge is 2.39. The molecule has 2 N–H and O–H groups in total. The van der Waals surface area contributed by atoms with E-state index < -0.39 is 5.97 Å². The number of carbonyl (C=O) groups is 1. The fourth-order valence-corrected chi connectivity index (χ4v) is 2.86. The maximum Gasteiger partial charge on any atom is 0.305 e. The van der Waals surface area contributed by atoms with Crippen molar-refractivity contribution < 1.29 is 14.6 Å². The lowest BCUT2D eigenvalue weighted by Gasteiger charge is -2.42. The normalized spacial score (nSPS) is 16.2. The van der Waals surface area contributed by atoms with Crippen LogP contribution < -0.4 is 10.1 Å². The highest BCUT2D eigenvalue weighted by Crippen LogP contribution is 2.39. The molecule has 0 bridgehead atoms. The molecule has 110 valence electrons. The molecular formula is C16H18N2O3. The van der Waals surface area contributed by atoms with Gasteiger partial charge in [0.15, 0.2) is 0 Å². The Labute approximate surface area is 123 Å². The third kappa shape index (κ3) is 2.63. The minimum absolute atomic E-state index is 0.120. The Morgan fingerprint density at radius 3 is 2.86 bits per heavy atom. The average Bonchev–Trinajstić information content (AvgIpc) is 2.44. The van der Waals surface area contributed by atoms with Crippen LogP contribution in [0.15, 0.2) is 30.5 Å². The largest absolute Gasteiger partial charge is 0.497 e. The number of carboxylic acids is 1. The number of pyridine rings is 1. The second-order valence-corrected chi connectivity index (χ2v) is 5.58. The summed E-state index contributed by atoms with van der Waals surface area (Å²) in [6.45, 7) is 0. The van der Waals surface area contributed by atoms with Gasteiger partial charge in [-0.2, -0.15) is 0 Å². The number of aliphatic carboxylic acids is 1. The highest BCUT2D eigenvalue weighted by atomic mass is 16.5. The highest BCUT2D eigenvalue weighted by molar-refractivity contribution is 5.93. The molecule has 1 aliphatic carbocycles. The number of aromatic nitrogens is 1. The van der Waals surface area contributed by atoms with Gasteiger partial charge < -0.3 is 15.2 Å². The molecule has 1 aliphatic rings. The molecule has 0 aliphatic heterocycles. The van der Waals surface area contributed by atoms with Crippen molar-refractivity contribution >= 4 is 22.6 Å². The molecule has 1 fully saturated rings. The van der Waals surface area contributed by atoms with E-state index in [2.05, 4.69) is 10.3 Å². The van der Waals surface area contributed by atoms with Gasteiger partial charge in [-0.3, -0.25) is 4.79 Å². The van der Waals surface area contributed by atoms with Gasteiger partial charge in [-0.25, -0.2) is 4.98 Å². The first-order valence-electron chi connectivity index (χ1n) is 7.05. The lowest BCUT2D eigenvalue weighted by atomic mass is 9.74. The summed E-state index contributed by atoms with van der Waals surface area (Å²) in [7, 11) is 1.63. The summed E-state index contributed by atoms with van der Waals surface area (Å²) in [5, 5.41) is 14.5. The van der Waals surface area contributed by atoms with Crippen LogP contribution in [0.2, 0.25) is 0 Å². The van der Waals surface area contributed by atoms with Gasteiger partial charge in [0.1, 0.15) is 11.6 Å². The summed E-state index contributed by atoms with van der Waals surface area (Å²) < 4.78 is 5.26. The molecule has 0 spiro atoms. The lowest BCUT2D eigenvalue weighted by molar-refractivity contribution is -0.138. The smallest absolute Gasteiger partial charge is 0.305 e. The number of nitrogens with zero attached hydrogens (tertiary/aromatic N) is 1. The van der Waals surface area contributed by atoms with E-state index in [1.54, 1.807) is 13.3 Å². The zero-order chi connectivity index (χ0) is 14.9. The Balaban J connectivity index is 1.97. The summed E-state index contributed by atoms with van der Waals surface area (Å²) in [6, 6.07) is 7.75. The van der Waals surface area contributed by atoms with Crippen molar-refractivity contribution in [1.82, 2.24) is 4.98 Å². The number of carboxylic acid groups (broad SMARTS) is 1. The molecular weight excluding hydrogens is 268 g/mol. The van der Waals surface area contributed by atoms with Crippen molar-refractivity contribution in [2.24, 2.45) is 0 Å². The SMILES string of the molecule is COc1ccc2ccnc(NC3(CC(=O)O)CCC3)c2c1. The second kappa shape index (κ2) is 5.24. The standard InChI is InChI=1S/C16H18N2O3/c1-21-12-4-3-11-5-8-17-15(13(11)9-12)18-16(6-2-7-16)10-14(19)20/h3-5,8-9H,2,6-7,10H2,1H3,(H,17,18)(H,19,20). The molecule has 0 unspecified atom stereocenters. The molecule has 0 atom stereocenters. The molecule has 1 saturated carbocycles. The van der Waals surface area contributed by atoms with E-state index in [1.165, 1.54) is 0 Å². The number of hydrogen-bond acceptors (Lipinski definition) is 4. The van der Waals surface area contributed by atoms with E-state index in [9.17, 15) is 4.79 Å². The number of nitrogens with one attached hydrogen (secondary N) is 1. The maximum atomic E-state index is 11.1. The van der Waals surface area contributed by atoms with Crippen LogP contribution in [0.5, 0.6) is 5.75 Å². The molecule has 5 heteroatoms. The summed E-state index contributed by atoms with van der Waals surface area (Å²) in [5.74, 6) is 0.715. The Bertz CT molecular complexity index is 680. The van der Waals surface area contributed by atoms with Gasteiger partial charge in [-0.15, -0.1) is 0 Å². The van der Waals surface area contributed by atoms with Gasteiger partial charge in [0, 0.05) is 17.1 Å². The minimum atomic E-state index is -0.778. The Morgan fingerprint density at radius 2 is 2.24 bits per heavy atom. The number of fused-ring (bicyclic) bond motifs is 1. The van der Waals surface area contributed by atoms with Crippen LogP contribution in [0.1, 0.15) is 25.7 Å². The lowest BCUT2D eigenvalue weighted by Crippen LogP contribution is -2.47. The number of methoxy groups -OCH3 is 1. The number of benzene rings is 1. The molecule has 2 aromatic rings. The van der Waals surface area contributed by atoms with Crippen LogP contribution in [0, 0.1) is 0 Å². The Morgan fingerprint density at radius 1 is 1.43 bits per heavy atom. The third-order valence-electron chi connectivity index (χ3n) is 4.16. The quantitative estimate of drug-likeness (QED) is 0.884. The van der Waals surface area contributed by atoms with Crippen LogP contribution in [-0.2, 0) is 4.79 Å². The minimum Gasteiger partial charge on any atom is -0.497 e. The first-order chi connectivity index (χ1) is 10.1. The summed E-state index contributed by atoms with van der Waals surface area (Å²) >= 11 is 0. The van der Waals surface area contributed by atoms with Crippen LogP contribution in [0.25, 0.3) is 10.8 Å². The molecule has 1 aromatic heterocycles. The number of anilines is 1. The molecule has 1 aromatic carbocycles. The third-order valence-corrected chi connectivity index (χ3v) is 4.16. The zero-order valence-electron chi connectivity index (χ0n) is 11.9. The summed E-state index contributed by atoms with van der Waals surface area (Å²) in [5.41, 5.74) is -0.365. The van der Waals surface area contributed by atoms with Crippen molar-refractivity contribution in [3.63, 3.8) is 0 Å².